The summed E-state index contributed by atoms with van der Waals surface area (Å²) in [6.45, 7) is 5.55. The van der Waals surface area contributed by atoms with Gasteiger partial charge in [-0.2, -0.15) is 0 Å². The molecule has 0 aliphatic carbocycles. The number of carboxylic acids is 1. The van der Waals surface area contributed by atoms with Gasteiger partial charge >= 0.3 is 12.0 Å². The van der Waals surface area contributed by atoms with E-state index in [1.165, 1.54) is 0 Å². The monoisotopic (exact) mass is 452 g/mol. The molecule has 0 spiro atoms. The topological polar surface area (TPSA) is 116 Å². The lowest BCUT2D eigenvalue weighted by molar-refractivity contribution is -0.140. The smallest absolute Gasteiger partial charge is 0.326 e. The SMILES string of the molecule is Cc1ccc(NC(=O)Nc2ccc(-c3cc(C(=S)NC(C(=O)O)C(C)C)on3)cc2)cc1. The van der Waals surface area contributed by atoms with Gasteiger partial charge in [0.2, 0.25) is 0 Å². The predicted octanol–water partition coefficient (Wildman–Crippen LogP) is 4.67. The van der Waals surface area contributed by atoms with E-state index in [0.29, 0.717) is 17.1 Å². The number of carboxylic acid groups (broad SMARTS) is 1. The van der Waals surface area contributed by atoms with Crippen molar-refractivity contribution in [3.63, 3.8) is 0 Å². The van der Waals surface area contributed by atoms with Crippen molar-refractivity contribution in [1.29, 1.82) is 0 Å². The number of aliphatic carboxylic acids is 1. The molecule has 1 aromatic heterocycles. The van der Waals surface area contributed by atoms with Crippen molar-refractivity contribution in [3.05, 3.63) is 65.9 Å². The molecule has 32 heavy (non-hydrogen) atoms. The van der Waals surface area contributed by atoms with Gasteiger partial charge in [0.1, 0.15) is 16.7 Å². The van der Waals surface area contributed by atoms with Crippen LogP contribution in [0.3, 0.4) is 0 Å². The Hall–Kier alpha value is -3.72. The molecule has 0 fully saturated rings. The number of nitrogens with zero attached hydrogens (tertiary/aromatic N) is 1. The van der Waals surface area contributed by atoms with Gasteiger partial charge in [-0.05, 0) is 37.1 Å². The average Bonchev–Trinajstić information content (AvgIpc) is 3.24. The minimum Gasteiger partial charge on any atom is -0.480 e. The Bertz CT molecular complexity index is 1110. The summed E-state index contributed by atoms with van der Waals surface area (Å²) in [7, 11) is 0. The van der Waals surface area contributed by atoms with E-state index in [9.17, 15) is 14.7 Å². The largest absolute Gasteiger partial charge is 0.480 e. The van der Waals surface area contributed by atoms with Crippen LogP contribution in [-0.4, -0.2) is 33.3 Å². The number of benzene rings is 2. The third kappa shape index (κ3) is 5.92. The van der Waals surface area contributed by atoms with E-state index in [2.05, 4.69) is 21.1 Å². The second-order valence-corrected chi connectivity index (χ2v) is 8.04. The highest BCUT2D eigenvalue weighted by atomic mass is 32.1. The number of thiocarbonyl (C=S) groups is 1. The summed E-state index contributed by atoms with van der Waals surface area (Å²) in [6.07, 6.45) is 0. The molecule has 0 saturated heterocycles. The summed E-state index contributed by atoms with van der Waals surface area (Å²) in [5, 5.41) is 21.6. The highest BCUT2D eigenvalue weighted by Crippen LogP contribution is 2.22. The Morgan fingerprint density at radius 3 is 2.09 bits per heavy atom. The van der Waals surface area contributed by atoms with Crippen molar-refractivity contribution in [3.8, 4) is 11.3 Å². The van der Waals surface area contributed by atoms with Gasteiger partial charge < -0.3 is 25.6 Å². The summed E-state index contributed by atoms with van der Waals surface area (Å²) in [5.41, 5.74) is 3.72. The molecule has 0 radical (unpaired) electrons. The molecule has 1 heterocycles. The number of hydrogen-bond donors (Lipinski definition) is 4. The van der Waals surface area contributed by atoms with Gasteiger partial charge in [0, 0.05) is 23.0 Å². The molecule has 1 unspecified atom stereocenters. The van der Waals surface area contributed by atoms with E-state index < -0.39 is 12.0 Å². The summed E-state index contributed by atoms with van der Waals surface area (Å²) in [6, 6.07) is 15.0. The average molecular weight is 453 g/mol. The Balaban J connectivity index is 1.62. The van der Waals surface area contributed by atoms with Crippen LogP contribution < -0.4 is 16.0 Å². The first-order valence-electron chi connectivity index (χ1n) is 9.98. The second-order valence-electron chi connectivity index (χ2n) is 7.63. The molecule has 9 heteroatoms. The standard InChI is InChI=1S/C23H24N4O4S/c1-13(2)20(22(28)29)26-21(32)19-12-18(27-31-19)15-6-10-17(11-7-15)25-23(30)24-16-8-4-14(3)5-9-16/h4-13,20H,1-3H3,(H,26,32)(H,28,29)(H2,24,25,30). The summed E-state index contributed by atoms with van der Waals surface area (Å²) in [4.78, 5) is 23.7. The van der Waals surface area contributed by atoms with Crippen LogP contribution in [0.15, 0.2) is 59.1 Å². The molecule has 0 saturated carbocycles. The molecule has 0 aliphatic rings. The summed E-state index contributed by atoms with van der Waals surface area (Å²) >= 11 is 5.26. The van der Waals surface area contributed by atoms with Crippen LogP contribution in [0.4, 0.5) is 16.2 Å². The summed E-state index contributed by atoms with van der Waals surface area (Å²) in [5.74, 6) is -0.866. The highest BCUT2D eigenvalue weighted by molar-refractivity contribution is 7.80. The minimum atomic E-state index is -0.989. The third-order valence-corrected chi connectivity index (χ3v) is 5.02. The van der Waals surface area contributed by atoms with Gasteiger partial charge in [-0.25, -0.2) is 9.59 Å². The molecule has 3 rings (SSSR count). The van der Waals surface area contributed by atoms with Crippen molar-refractivity contribution < 1.29 is 19.2 Å². The second kappa shape index (κ2) is 10.1. The Kier molecular flexibility index (Phi) is 7.21. The third-order valence-electron chi connectivity index (χ3n) is 4.70. The lowest BCUT2D eigenvalue weighted by Crippen LogP contribution is -2.43. The Morgan fingerprint density at radius 2 is 1.56 bits per heavy atom. The molecule has 4 N–H and O–H groups in total. The van der Waals surface area contributed by atoms with Gasteiger partial charge in [0.15, 0.2) is 5.76 Å². The van der Waals surface area contributed by atoms with E-state index in [4.69, 9.17) is 16.7 Å². The number of urea groups is 1. The van der Waals surface area contributed by atoms with E-state index in [0.717, 1.165) is 11.1 Å². The van der Waals surface area contributed by atoms with E-state index in [1.54, 1.807) is 44.2 Å². The minimum absolute atomic E-state index is 0.156. The van der Waals surface area contributed by atoms with Crippen LogP contribution in [0.2, 0.25) is 0 Å². The molecule has 166 valence electrons. The first kappa shape index (κ1) is 23.0. The van der Waals surface area contributed by atoms with Crippen LogP contribution in [-0.2, 0) is 4.79 Å². The molecule has 8 nitrogen and oxygen atoms in total. The van der Waals surface area contributed by atoms with Gasteiger partial charge in [-0.15, -0.1) is 0 Å². The fourth-order valence-electron chi connectivity index (χ4n) is 2.90. The zero-order chi connectivity index (χ0) is 23.3. The van der Waals surface area contributed by atoms with Crippen molar-refractivity contribution in [2.45, 2.75) is 26.8 Å². The van der Waals surface area contributed by atoms with Crippen LogP contribution in [0.1, 0.15) is 25.2 Å². The lowest BCUT2D eigenvalue weighted by Gasteiger charge is -2.18. The van der Waals surface area contributed by atoms with Gasteiger partial charge in [0.05, 0.1) is 0 Å². The molecule has 3 aromatic rings. The maximum absolute atomic E-state index is 12.2. The summed E-state index contributed by atoms with van der Waals surface area (Å²) < 4.78 is 5.28. The van der Waals surface area contributed by atoms with Gasteiger partial charge in [-0.3, -0.25) is 0 Å². The van der Waals surface area contributed by atoms with E-state index in [-0.39, 0.29) is 22.7 Å². The first-order chi connectivity index (χ1) is 15.2. The van der Waals surface area contributed by atoms with Crippen LogP contribution in [0, 0.1) is 12.8 Å². The Morgan fingerprint density at radius 1 is 1.00 bits per heavy atom. The zero-order valence-electron chi connectivity index (χ0n) is 17.9. The number of amides is 2. The zero-order valence-corrected chi connectivity index (χ0v) is 18.7. The predicted molar refractivity (Wildman–Crippen MR) is 127 cm³/mol. The van der Waals surface area contributed by atoms with Gasteiger partial charge in [0.25, 0.3) is 0 Å². The number of carbonyl (C=O) groups is 2. The van der Waals surface area contributed by atoms with Crippen molar-refractivity contribution in [2.24, 2.45) is 5.92 Å². The molecular weight excluding hydrogens is 428 g/mol. The fraction of sp³-hybridized carbons (Fsp3) is 0.217. The van der Waals surface area contributed by atoms with Crippen molar-refractivity contribution in [2.75, 3.05) is 10.6 Å². The van der Waals surface area contributed by atoms with E-state index in [1.807, 2.05) is 31.2 Å². The Labute approximate surface area is 191 Å². The maximum atomic E-state index is 12.2. The van der Waals surface area contributed by atoms with Crippen molar-refractivity contribution in [1.82, 2.24) is 10.5 Å². The number of carbonyl (C=O) groups excluding carboxylic acids is 1. The lowest BCUT2D eigenvalue weighted by atomic mass is 10.0. The number of aromatic nitrogens is 1. The molecule has 2 aromatic carbocycles. The number of aryl methyl sites for hydroxylation is 1. The number of hydrogen-bond acceptors (Lipinski definition) is 5. The normalized spacial score (nSPS) is 11.6. The number of anilines is 2. The molecule has 0 aliphatic heterocycles. The highest BCUT2D eigenvalue weighted by Gasteiger charge is 2.24. The molecule has 2 amide bonds. The van der Waals surface area contributed by atoms with Crippen molar-refractivity contribution >= 4 is 40.6 Å². The number of nitrogens with one attached hydrogen (secondary N) is 3. The molecule has 0 bridgehead atoms. The first-order valence-corrected chi connectivity index (χ1v) is 10.4. The van der Waals surface area contributed by atoms with Crippen LogP contribution in [0.5, 0.6) is 0 Å². The maximum Gasteiger partial charge on any atom is 0.326 e. The molecular formula is C23H24N4O4S. The quantitative estimate of drug-likeness (QED) is 0.385. The molecule has 1 atom stereocenters. The van der Waals surface area contributed by atoms with Gasteiger partial charge in [-0.1, -0.05) is 61.1 Å². The van der Waals surface area contributed by atoms with Crippen LogP contribution in [0.25, 0.3) is 11.3 Å². The fourth-order valence-corrected chi connectivity index (χ4v) is 3.12. The number of rotatable bonds is 7. The van der Waals surface area contributed by atoms with Crippen LogP contribution >= 0.6 is 12.2 Å². The van der Waals surface area contributed by atoms with E-state index >= 15 is 0 Å².